The summed E-state index contributed by atoms with van der Waals surface area (Å²) in [6, 6.07) is 12.1. The average molecular weight is 436 g/mol. The molecule has 0 spiro atoms. The number of aromatic hydroxyl groups is 1. The number of hydrogen-bond acceptors (Lipinski definition) is 6. The molecule has 10 heteroatoms. The predicted octanol–water partition coefficient (Wildman–Crippen LogP) is 3.32. The van der Waals surface area contributed by atoms with E-state index >= 15 is 0 Å². The van der Waals surface area contributed by atoms with Crippen LogP contribution in [0.25, 0.3) is 0 Å². The zero-order chi connectivity index (χ0) is 21.0. The molecule has 0 bridgehead atoms. The van der Waals surface area contributed by atoms with Crippen molar-refractivity contribution in [3.05, 3.63) is 65.4 Å². The van der Waals surface area contributed by atoms with E-state index in [1.54, 1.807) is 24.3 Å². The van der Waals surface area contributed by atoms with Gasteiger partial charge in [0.25, 0.3) is 5.91 Å². The van der Waals surface area contributed by atoms with E-state index in [1.165, 1.54) is 42.1 Å². The summed E-state index contributed by atoms with van der Waals surface area (Å²) in [4.78, 5) is 12.6. The lowest BCUT2D eigenvalue weighted by Crippen LogP contribution is -2.20. The van der Waals surface area contributed by atoms with Gasteiger partial charge in [0.1, 0.15) is 17.2 Å². The molecule has 0 fully saturated rings. The third-order valence-electron chi connectivity index (χ3n) is 4.08. The SMILES string of the molecule is CCS(=O)(=O)c1ccc(O)c(NC(=O)c2ccnn2COc2ccccc2Cl)c1. The number of phenols is 1. The number of nitrogens with zero attached hydrogens (tertiary/aromatic N) is 2. The monoisotopic (exact) mass is 435 g/mol. The van der Waals surface area contributed by atoms with Gasteiger partial charge < -0.3 is 15.2 Å². The topological polar surface area (TPSA) is 111 Å². The Hall–Kier alpha value is -3.04. The molecule has 0 aliphatic rings. The molecule has 3 rings (SSSR count). The van der Waals surface area contributed by atoms with Gasteiger partial charge in [-0.05, 0) is 36.4 Å². The number of ether oxygens (including phenoxy) is 1. The fourth-order valence-electron chi connectivity index (χ4n) is 2.48. The molecule has 0 aliphatic heterocycles. The van der Waals surface area contributed by atoms with Crippen molar-refractivity contribution in [1.29, 1.82) is 0 Å². The van der Waals surface area contributed by atoms with Crippen LogP contribution in [0.2, 0.25) is 5.02 Å². The largest absolute Gasteiger partial charge is 0.506 e. The van der Waals surface area contributed by atoms with Crippen LogP contribution in [0, 0.1) is 0 Å². The molecule has 3 aromatic rings. The van der Waals surface area contributed by atoms with E-state index in [4.69, 9.17) is 16.3 Å². The first-order valence-corrected chi connectivity index (χ1v) is 10.6. The quantitative estimate of drug-likeness (QED) is 0.551. The highest BCUT2D eigenvalue weighted by Gasteiger charge is 2.18. The Bertz CT molecular complexity index is 1140. The van der Waals surface area contributed by atoms with Crippen molar-refractivity contribution in [2.24, 2.45) is 0 Å². The van der Waals surface area contributed by atoms with E-state index in [-0.39, 0.29) is 34.5 Å². The van der Waals surface area contributed by atoms with Gasteiger partial charge in [-0.3, -0.25) is 4.79 Å². The molecule has 0 saturated heterocycles. The number of phenolic OH excluding ortho intramolecular Hbond substituents is 1. The molecule has 152 valence electrons. The second kappa shape index (κ2) is 8.54. The molecule has 0 atom stereocenters. The summed E-state index contributed by atoms with van der Waals surface area (Å²) < 4.78 is 31.0. The zero-order valence-corrected chi connectivity index (χ0v) is 16.9. The van der Waals surface area contributed by atoms with Gasteiger partial charge in [0.2, 0.25) is 0 Å². The van der Waals surface area contributed by atoms with Crippen molar-refractivity contribution < 1.29 is 23.1 Å². The minimum absolute atomic E-state index is 0.00339. The molecule has 29 heavy (non-hydrogen) atoms. The molecule has 0 unspecified atom stereocenters. The second-order valence-electron chi connectivity index (χ2n) is 5.96. The van der Waals surface area contributed by atoms with Gasteiger partial charge >= 0.3 is 0 Å². The van der Waals surface area contributed by atoms with Crippen LogP contribution in [-0.2, 0) is 16.6 Å². The summed E-state index contributed by atoms with van der Waals surface area (Å²) in [7, 11) is -3.49. The van der Waals surface area contributed by atoms with Gasteiger partial charge in [0.15, 0.2) is 16.6 Å². The van der Waals surface area contributed by atoms with Gasteiger partial charge in [-0.15, -0.1) is 0 Å². The molecular formula is C19H18ClN3O5S. The van der Waals surface area contributed by atoms with Crippen molar-refractivity contribution in [3.8, 4) is 11.5 Å². The van der Waals surface area contributed by atoms with Gasteiger partial charge in [0, 0.05) is 6.20 Å². The maximum absolute atomic E-state index is 12.6. The van der Waals surface area contributed by atoms with Crippen LogP contribution in [0.1, 0.15) is 17.4 Å². The number of rotatable bonds is 7. The fraction of sp³-hybridized carbons (Fsp3) is 0.158. The molecule has 1 aromatic heterocycles. The van der Waals surface area contributed by atoms with Crippen LogP contribution >= 0.6 is 11.6 Å². The summed E-state index contributed by atoms with van der Waals surface area (Å²) in [5, 5.41) is 17.0. The number of anilines is 1. The second-order valence-corrected chi connectivity index (χ2v) is 8.64. The first-order valence-electron chi connectivity index (χ1n) is 8.58. The molecule has 2 aromatic carbocycles. The molecule has 1 heterocycles. The summed E-state index contributed by atoms with van der Waals surface area (Å²) in [5.74, 6) is -0.512. The van der Waals surface area contributed by atoms with Crippen molar-refractivity contribution in [1.82, 2.24) is 9.78 Å². The zero-order valence-electron chi connectivity index (χ0n) is 15.4. The number of halogens is 1. The number of benzene rings is 2. The number of sulfone groups is 1. The van der Waals surface area contributed by atoms with Crippen LogP contribution < -0.4 is 10.1 Å². The molecule has 0 aliphatic carbocycles. The highest BCUT2D eigenvalue weighted by molar-refractivity contribution is 7.91. The minimum Gasteiger partial charge on any atom is -0.506 e. The van der Waals surface area contributed by atoms with E-state index in [9.17, 15) is 18.3 Å². The molecule has 0 radical (unpaired) electrons. The number of para-hydroxylation sites is 1. The van der Waals surface area contributed by atoms with Crippen molar-refractivity contribution in [2.75, 3.05) is 11.1 Å². The number of aromatic nitrogens is 2. The van der Waals surface area contributed by atoms with Gasteiger partial charge in [-0.25, -0.2) is 13.1 Å². The number of carbonyl (C=O) groups is 1. The summed E-state index contributed by atoms with van der Waals surface area (Å²) in [6.45, 7) is 1.44. The summed E-state index contributed by atoms with van der Waals surface area (Å²) in [5.41, 5.74) is 0.129. The molecule has 1 amide bonds. The van der Waals surface area contributed by atoms with Crippen LogP contribution in [0.15, 0.2) is 59.6 Å². The van der Waals surface area contributed by atoms with E-state index in [0.29, 0.717) is 10.8 Å². The Morgan fingerprint density at radius 2 is 2.00 bits per heavy atom. The third kappa shape index (κ3) is 4.69. The molecule has 8 nitrogen and oxygen atoms in total. The lowest BCUT2D eigenvalue weighted by molar-refractivity contribution is 0.100. The standard InChI is InChI=1S/C19H18ClN3O5S/c1-2-29(26,27)13-7-8-17(24)15(11-13)22-19(25)16-9-10-21-23(16)12-28-18-6-4-3-5-14(18)20/h3-11,24H,2,12H2,1H3,(H,22,25). The first-order chi connectivity index (χ1) is 13.8. The third-order valence-corrected chi connectivity index (χ3v) is 6.13. The Morgan fingerprint density at radius 3 is 2.72 bits per heavy atom. The fourth-order valence-corrected chi connectivity index (χ4v) is 3.58. The van der Waals surface area contributed by atoms with Crippen LogP contribution in [-0.4, -0.2) is 35.0 Å². The van der Waals surface area contributed by atoms with E-state index in [1.807, 2.05) is 0 Å². The van der Waals surface area contributed by atoms with Crippen molar-refractivity contribution in [2.45, 2.75) is 18.6 Å². The first kappa shape index (κ1) is 20.7. The number of hydrogen-bond donors (Lipinski definition) is 2. The van der Waals surface area contributed by atoms with Crippen LogP contribution in [0.4, 0.5) is 5.69 Å². The highest BCUT2D eigenvalue weighted by Crippen LogP contribution is 2.28. The van der Waals surface area contributed by atoms with Crippen LogP contribution in [0.3, 0.4) is 0 Å². The maximum atomic E-state index is 12.6. The Morgan fingerprint density at radius 1 is 1.24 bits per heavy atom. The van der Waals surface area contributed by atoms with Crippen molar-refractivity contribution >= 4 is 33.0 Å². The van der Waals surface area contributed by atoms with Crippen LogP contribution in [0.5, 0.6) is 11.5 Å². The predicted molar refractivity (Wildman–Crippen MR) is 108 cm³/mol. The number of amides is 1. The van der Waals surface area contributed by atoms with Gasteiger partial charge in [-0.1, -0.05) is 30.7 Å². The number of nitrogens with one attached hydrogen (secondary N) is 1. The normalized spacial score (nSPS) is 11.2. The van der Waals surface area contributed by atoms with E-state index in [0.717, 1.165) is 0 Å². The minimum atomic E-state index is -3.49. The Balaban J connectivity index is 1.78. The number of carbonyl (C=O) groups excluding carboxylic acids is 1. The Labute approximate surface area is 172 Å². The average Bonchev–Trinajstić information content (AvgIpc) is 3.17. The van der Waals surface area contributed by atoms with E-state index < -0.39 is 15.7 Å². The summed E-state index contributed by atoms with van der Waals surface area (Å²) >= 11 is 6.04. The molecule has 2 N–H and O–H groups in total. The smallest absolute Gasteiger partial charge is 0.274 e. The summed E-state index contributed by atoms with van der Waals surface area (Å²) in [6.07, 6.45) is 1.42. The van der Waals surface area contributed by atoms with Gasteiger partial charge in [-0.2, -0.15) is 5.10 Å². The highest BCUT2D eigenvalue weighted by atomic mass is 35.5. The lowest BCUT2D eigenvalue weighted by Gasteiger charge is -2.12. The Kier molecular flexibility index (Phi) is 6.09. The van der Waals surface area contributed by atoms with E-state index in [2.05, 4.69) is 10.4 Å². The maximum Gasteiger partial charge on any atom is 0.274 e. The van der Waals surface area contributed by atoms with Crippen molar-refractivity contribution in [3.63, 3.8) is 0 Å². The molecule has 0 saturated carbocycles. The molecular weight excluding hydrogens is 418 g/mol. The van der Waals surface area contributed by atoms with Gasteiger partial charge in [0.05, 0.1) is 21.4 Å². The lowest BCUT2D eigenvalue weighted by atomic mass is 10.3.